The predicted octanol–water partition coefficient (Wildman–Crippen LogP) is 2.22. The number of aliphatic hydroxyl groups is 1. The number of hydrogen-bond donors (Lipinski definition) is 2. The van der Waals surface area contributed by atoms with Crippen molar-refractivity contribution in [2.24, 2.45) is 0 Å². The fourth-order valence-electron chi connectivity index (χ4n) is 2.09. The SMILES string of the molecule is CC(C)(C)OC=O.OC1CNCCC1c1ccc(F)cc1. The molecule has 4 nitrogen and oxygen atoms in total. The lowest BCUT2D eigenvalue weighted by molar-refractivity contribution is -0.138. The van der Waals surface area contributed by atoms with Crippen LogP contribution >= 0.6 is 0 Å². The number of hydrogen-bond acceptors (Lipinski definition) is 4. The molecule has 1 aliphatic rings. The lowest BCUT2D eigenvalue weighted by atomic mass is 9.88. The molecule has 0 saturated carbocycles. The highest BCUT2D eigenvalue weighted by atomic mass is 19.1. The molecule has 1 fully saturated rings. The number of halogens is 1. The summed E-state index contributed by atoms with van der Waals surface area (Å²) in [6, 6.07) is 6.41. The van der Waals surface area contributed by atoms with Crippen LogP contribution in [0, 0.1) is 5.82 Å². The molecule has 2 atom stereocenters. The summed E-state index contributed by atoms with van der Waals surface area (Å²) in [7, 11) is 0. The van der Waals surface area contributed by atoms with Crippen molar-refractivity contribution >= 4 is 6.47 Å². The molecule has 1 heterocycles. The summed E-state index contributed by atoms with van der Waals surface area (Å²) in [4.78, 5) is 9.60. The van der Waals surface area contributed by atoms with Gasteiger partial charge in [-0.1, -0.05) is 12.1 Å². The molecule has 0 spiro atoms. The minimum atomic E-state index is -0.353. The molecule has 0 aliphatic carbocycles. The van der Waals surface area contributed by atoms with E-state index in [9.17, 15) is 14.3 Å². The van der Waals surface area contributed by atoms with E-state index in [1.165, 1.54) is 12.1 Å². The van der Waals surface area contributed by atoms with E-state index < -0.39 is 0 Å². The third-order valence-electron chi connectivity index (χ3n) is 3.15. The maximum absolute atomic E-state index is 12.7. The Morgan fingerprint density at radius 2 is 1.95 bits per heavy atom. The second-order valence-electron chi connectivity index (χ2n) is 6.04. The Labute approximate surface area is 125 Å². The Morgan fingerprint density at radius 1 is 1.33 bits per heavy atom. The van der Waals surface area contributed by atoms with Crippen molar-refractivity contribution in [3.63, 3.8) is 0 Å². The molecule has 2 rings (SSSR count). The van der Waals surface area contributed by atoms with Crippen LogP contribution in [0.5, 0.6) is 0 Å². The Kier molecular flexibility index (Phi) is 6.78. The normalized spacial score (nSPS) is 22.0. The van der Waals surface area contributed by atoms with Gasteiger partial charge in [0, 0.05) is 12.5 Å². The highest BCUT2D eigenvalue weighted by Crippen LogP contribution is 2.25. The van der Waals surface area contributed by atoms with Crippen molar-refractivity contribution in [3.05, 3.63) is 35.6 Å². The number of nitrogens with one attached hydrogen (secondary N) is 1. The van der Waals surface area contributed by atoms with Crippen molar-refractivity contribution in [1.29, 1.82) is 0 Å². The molecule has 2 unspecified atom stereocenters. The van der Waals surface area contributed by atoms with Crippen LogP contribution < -0.4 is 5.32 Å². The number of rotatable bonds is 2. The van der Waals surface area contributed by atoms with Gasteiger partial charge in [-0.3, -0.25) is 4.79 Å². The molecule has 118 valence electrons. The minimum Gasteiger partial charge on any atom is -0.462 e. The van der Waals surface area contributed by atoms with E-state index in [0.717, 1.165) is 18.5 Å². The standard InChI is InChI=1S/C11H14FNO.C5H10O2/c12-9-3-1-8(2-4-9)10-5-6-13-7-11(10)14;1-5(2,3)7-4-6/h1-4,10-11,13-14H,5-7H2;4H,1-3H3. The molecule has 5 heteroatoms. The number of piperidine rings is 1. The van der Waals surface area contributed by atoms with Crippen molar-refractivity contribution in [3.8, 4) is 0 Å². The van der Waals surface area contributed by atoms with E-state index in [2.05, 4.69) is 10.1 Å². The second kappa shape index (κ2) is 8.10. The summed E-state index contributed by atoms with van der Waals surface area (Å²) in [6.07, 6.45) is 0.557. The summed E-state index contributed by atoms with van der Waals surface area (Å²) in [6.45, 7) is 7.46. The molecule has 1 aromatic carbocycles. The number of carbonyl (C=O) groups excluding carboxylic acids is 1. The monoisotopic (exact) mass is 297 g/mol. The summed E-state index contributed by atoms with van der Waals surface area (Å²) >= 11 is 0. The molecule has 2 N–H and O–H groups in total. The quantitative estimate of drug-likeness (QED) is 0.822. The predicted molar refractivity (Wildman–Crippen MR) is 79.5 cm³/mol. The van der Waals surface area contributed by atoms with Crippen LogP contribution in [0.2, 0.25) is 0 Å². The van der Waals surface area contributed by atoms with Gasteiger partial charge in [-0.05, 0) is 51.4 Å². The Morgan fingerprint density at radius 3 is 2.38 bits per heavy atom. The third-order valence-corrected chi connectivity index (χ3v) is 3.15. The first-order chi connectivity index (χ1) is 9.83. The van der Waals surface area contributed by atoms with Crippen LogP contribution in [0.1, 0.15) is 38.7 Å². The molecular formula is C16H24FNO3. The molecule has 1 aliphatic heterocycles. The van der Waals surface area contributed by atoms with E-state index in [-0.39, 0.29) is 23.4 Å². The van der Waals surface area contributed by atoms with Gasteiger partial charge >= 0.3 is 0 Å². The van der Waals surface area contributed by atoms with Gasteiger partial charge in [-0.25, -0.2) is 4.39 Å². The first-order valence-corrected chi connectivity index (χ1v) is 7.09. The van der Waals surface area contributed by atoms with E-state index in [4.69, 9.17) is 0 Å². The summed E-state index contributed by atoms with van der Waals surface area (Å²) < 4.78 is 17.2. The lowest BCUT2D eigenvalue weighted by Crippen LogP contribution is -2.39. The molecule has 1 saturated heterocycles. The van der Waals surface area contributed by atoms with Gasteiger partial charge in [0.2, 0.25) is 0 Å². The average molecular weight is 297 g/mol. The van der Waals surface area contributed by atoms with E-state index >= 15 is 0 Å². The first kappa shape index (κ1) is 17.6. The largest absolute Gasteiger partial charge is 0.462 e. The topological polar surface area (TPSA) is 58.6 Å². The molecule has 0 radical (unpaired) electrons. The van der Waals surface area contributed by atoms with Gasteiger partial charge < -0.3 is 15.2 Å². The first-order valence-electron chi connectivity index (χ1n) is 7.09. The van der Waals surface area contributed by atoms with Crippen LogP contribution in [0.3, 0.4) is 0 Å². The van der Waals surface area contributed by atoms with Crippen molar-refractivity contribution in [1.82, 2.24) is 5.32 Å². The van der Waals surface area contributed by atoms with Gasteiger partial charge in [-0.2, -0.15) is 0 Å². The molecule has 0 bridgehead atoms. The van der Waals surface area contributed by atoms with Crippen molar-refractivity contribution in [2.45, 2.75) is 44.8 Å². The highest BCUT2D eigenvalue weighted by molar-refractivity contribution is 5.37. The highest BCUT2D eigenvalue weighted by Gasteiger charge is 2.23. The maximum Gasteiger partial charge on any atom is 0.293 e. The Balaban J connectivity index is 0.000000270. The van der Waals surface area contributed by atoms with Crippen LogP contribution in [-0.2, 0) is 9.53 Å². The Hall–Kier alpha value is -1.46. The minimum absolute atomic E-state index is 0.150. The van der Waals surface area contributed by atoms with Gasteiger partial charge in [0.1, 0.15) is 11.4 Å². The molecule has 0 aromatic heterocycles. The van der Waals surface area contributed by atoms with Gasteiger partial charge in [0.05, 0.1) is 6.10 Å². The Bertz CT molecular complexity index is 428. The zero-order valence-electron chi connectivity index (χ0n) is 12.8. The number of carbonyl (C=O) groups is 1. The van der Waals surface area contributed by atoms with Gasteiger partial charge in [0.15, 0.2) is 0 Å². The van der Waals surface area contributed by atoms with Crippen LogP contribution in [0.15, 0.2) is 24.3 Å². The maximum atomic E-state index is 12.7. The zero-order valence-corrected chi connectivity index (χ0v) is 12.8. The van der Waals surface area contributed by atoms with Gasteiger partial charge in [-0.15, -0.1) is 0 Å². The van der Waals surface area contributed by atoms with E-state index in [0.29, 0.717) is 13.0 Å². The smallest absolute Gasteiger partial charge is 0.293 e. The summed E-state index contributed by atoms with van der Waals surface area (Å²) in [5, 5.41) is 12.9. The number of β-amino-alcohol motifs (C(OH)–C–C–N with tert-alkyl or cyclic N) is 1. The molecule has 1 aromatic rings. The lowest BCUT2D eigenvalue weighted by Gasteiger charge is -2.28. The number of ether oxygens (including phenoxy) is 1. The number of benzene rings is 1. The average Bonchev–Trinajstić information content (AvgIpc) is 2.40. The molecular weight excluding hydrogens is 273 g/mol. The van der Waals surface area contributed by atoms with Gasteiger partial charge in [0.25, 0.3) is 6.47 Å². The zero-order chi connectivity index (χ0) is 15.9. The van der Waals surface area contributed by atoms with E-state index in [1.54, 1.807) is 12.1 Å². The fourth-order valence-corrected chi connectivity index (χ4v) is 2.09. The van der Waals surface area contributed by atoms with Crippen LogP contribution in [-0.4, -0.2) is 36.4 Å². The second-order valence-corrected chi connectivity index (χ2v) is 6.04. The number of aliphatic hydroxyl groups excluding tert-OH is 1. The van der Waals surface area contributed by atoms with Crippen LogP contribution in [0.4, 0.5) is 4.39 Å². The summed E-state index contributed by atoms with van der Waals surface area (Å²) in [5.74, 6) is -0.0750. The fraction of sp³-hybridized carbons (Fsp3) is 0.562. The summed E-state index contributed by atoms with van der Waals surface area (Å²) in [5.41, 5.74) is 0.710. The molecule has 0 amide bonds. The van der Waals surface area contributed by atoms with Crippen molar-refractivity contribution < 1.29 is 19.0 Å². The van der Waals surface area contributed by atoms with Crippen molar-refractivity contribution in [2.75, 3.05) is 13.1 Å². The molecule has 21 heavy (non-hydrogen) atoms. The third kappa shape index (κ3) is 6.69. The van der Waals surface area contributed by atoms with E-state index in [1.807, 2.05) is 20.8 Å². The van der Waals surface area contributed by atoms with Crippen LogP contribution in [0.25, 0.3) is 0 Å².